The normalized spacial score (nSPS) is 18.3. The molecule has 1 aliphatic rings. The van der Waals surface area contributed by atoms with Gasteiger partial charge in [0, 0.05) is 35.7 Å². The maximum atomic E-state index is 12.8. The van der Waals surface area contributed by atoms with Gasteiger partial charge in [-0.1, -0.05) is 5.16 Å². The summed E-state index contributed by atoms with van der Waals surface area (Å²) in [4.78, 5) is 19.0. The first kappa shape index (κ1) is 14.5. The third-order valence-corrected chi connectivity index (χ3v) is 5.52. The predicted molar refractivity (Wildman–Crippen MR) is 87.4 cm³/mol. The summed E-state index contributed by atoms with van der Waals surface area (Å²) in [5, 5.41) is 6.80. The van der Waals surface area contributed by atoms with Crippen LogP contribution >= 0.6 is 23.1 Å². The third-order valence-electron chi connectivity index (χ3n) is 3.62. The number of thiazole rings is 1. The van der Waals surface area contributed by atoms with Crippen molar-refractivity contribution in [2.24, 2.45) is 0 Å². The molecule has 0 unspecified atom stereocenters. The summed E-state index contributed by atoms with van der Waals surface area (Å²) >= 11 is 3.41. The van der Waals surface area contributed by atoms with Gasteiger partial charge in [-0.3, -0.25) is 4.79 Å². The lowest BCUT2D eigenvalue weighted by Crippen LogP contribution is -2.40. The van der Waals surface area contributed by atoms with Gasteiger partial charge in [0.2, 0.25) is 5.76 Å². The van der Waals surface area contributed by atoms with E-state index in [2.05, 4.69) is 10.1 Å². The number of rotatable bonds is 3. The van der Waals surface area contributed by atoms with E-state index in [1.54, 1.807) is 42.0 Å². The van der Waals surface area contributed by atoms with Crippen molar-refractivity contribution in [2.45, 2.75) is 6.04 Å². The third kappa shape index (κ3) is 2.79. The fraction of sp³-hybridized carbons (Fsp3) is 0.267. The Bertz CT molecular complexity index is 783. The van der Waals surface area contributed by atoms with Crippen LogP contribution in [0.1, 0.15) is 21.5 Å². The Morgan fingerprint density at radius 2 is 2.35 bits per heavy atom. The second kappa shape index (κ2) is 6.21. The average molecular weight is 347 g/mol. The SMILES string of the molecule is O=C(c1cc(-c2ccco2)on1)N1CCSC[C@@H]1c1nccs1. The molecule has 1 atom stereocenters. The van der Waals surface area contributed by atoms with Gasteiger partial charge in [0.25, 0.3) is 5.91 Å². The highest BCUT2D eigenvalue weighted by Gasteiger charge is 2.32. The van der Waals surface area contributed by atoms with Crippen LogP contribution in [0.15, 0.2) is 45.0 Å². The molecule has 4 heterocycles. The molecule has 1 aliphatic heterocycles. The standard InChI is InChI=1S/C15H13N3O3S2/c19-15(10-8-13(21-17-10)12-2-1-5-20-12)18-4-7-22-9-11(18)14-16-3-6-23-14/h1-3,5-6,8,11H,4,7,9H2/t11-/m1/s1. The summed E-state index contributed by atoms with van der Waals surface area (Å²) in [6.45, 7) is 0.677. The van der Waals surface area contributed by atoms with Crippen molar-refractivity contribution in [1.82, 2.24) is 15.0 Å². The van der Waals surface area contributed by atoms with Crippen molar-refractivity contribution in [1.29, 1.82) is 0 Å². The van der Waals surface area contributed by atoms with E-state index in [0.29, 0.717) is 23.8 Å². The quantitative estimate of drug-likeness (QED) is 0.724. The van der Waals surface area contributed by atoms with Crippen LogP contribution in [0.2, 0.25) is 0 Å². The van der Waals surface area contributed by atoms with Gasteiger partial charge < -0.3 is 13.8 Å². The average Bonchev–Trinajstić information content (AvgIpc) is 3.35. The first-order valence-corrected chi connectivity index (χ1v) is 9.15. The molecule has 0 saturated carbocycles. The highest BCUT2D eigenvalue weighted by Crippen LogP contribution is 2.32. The molecule has 8 heteroatoms. The minimum Gasteiger partial charge on any atom is -0.461 e. The van der Waals surface area contributed by atoms with E-state index in [1.807, 2.05) is 22.0 Å². The summed E-state index contributed by atoms with van der Waals surface area (Å²) in [6.07, 6.45) is 3.33. The van der Waals surface area contributed by atoms with E-state index >= 15 is 0 Å². The maximum Gasteiger partial charge on any atom is 0.276 e. The highest BCUT2D eigenvalue weighted by atomic mass is 32.2. The first-order chi connectivity index (χ1) is 11.3. The molecule has 3 aromatic heterocycles. The summed E-state index contributed by atoms with van der Waals surface area (Å²) in [6, 6.07) is 5.15. The summed E-state index contributed by atoms with van der Waals surface area (Å²) in [5.41, 5.74) is 0.296. The Kier molecular flexibility index (Phi) is 3.92. The number of hydrogen-bond acceptors (Lipinski definition) is 7. The van der Waals surface area contributed by atoms with Crippen LogP contribution in [0.25, 0.3) is 11.5 Å². The van der Waals surface area contributed by atoms with Gasteiger partial charge in [0.15, 0.2) is 11.5 Å². The van der Waals surface area contributed by atoms with E-state index < -0.39 is 0 Å². The molecule has 0 spiro atoms. The van der Waals surface area contributed by atoms with Gasteiger partial charge in [-0.25, -0.2) is 4.98 Å². The van der Waals surface area contributed by atoms with E-state index in [1.165, 1.54) is 0 Å². The Labute approximate surface area is 140 Å². The van der Waals surface area contributed by atoms with Crippen molar-refractivity contribution >= 4 is 29.0 Å². The molecule has 0 radical (unpaired) electrons. The topological polar surface area (TPSA) is 72.4 Å². The van der Waals surface area contributed by atoms with Crippen molar-refractivity contribution < 1.29 is 13.7 Å². The van der Waals surface area contributed by atoms with Crippen molar-refractivity contribution in [3.63, 3.8) is 0 Å². The van der Waals surface area contributed by atoms with Gasteiger partial charge in [0.1, 0.15) is 5.01 Å². The summed E-state index contributed by atoms with van der Waals surface area (Å²) in [5.74, 6) is 2.64. The summed E-state index contributed by atoms with van der Waals surface area (Å²) in [7, 11) is 0. The van der Waals surface area contributed by atoms with Crippen LogP contribution in [-0.2, 0) is 0 Å². The van der Waals surface area contributed by atoms with Crippen molar-refractivity contribution in [3.8, 4) is 11.5 Å². The van der Waals surface area contributed by atoms with Crippen LogP contribution in [0.3, 0.4) is 0 Å². The molecule has 4 rings (SSSR count). The zero-order valence-corrected chi connectivity index (χ0v) is 13.7. The monoisotopic (exact) mass is 347 g/mol. The number of amides is 1. The van der Waals surface area contributed by atoms with E-state index in [4.69, 9.17) is 8.94 Å². The maximum absolute atomic E-state index is 12.8. The van der Waals surface area contributed by atoms with Crippen LogP contribution in [0.5, 0.6) is 0 Å². The molecule has 23 heavy (non-hydrogen) atoms. The number of hydrogen-bond donors (Lipinski definition) is 0. The zero-order chi connectivity index (χ0) is 15.6. The predicted octanol–water partition coefficient (Wildman–Crippen LogP) is 3.32. The molecular weight excluding hydrogens is 334 g/mol. The largest absolute Gasteiger partial charge is 0.461 e. The smallest absolute Gasteiger partial charge is 0.276 e. The fourth-order valence-electron chi connectivity index (χ4n) is 2.51. The Hall–Kier alpha value is -2.06. The van der Waals surface area contributed by atoms with Crippen molar-refractivity contribution in [2.75, 3.05) is 18.1 Å². The van der Waals surface area contributed by atoms with Gasteiger partial charge in [-0.15, -0.1) is 11.3 Å². The Morgan fingerprint density at radius 3 is 3.13 bits per heavy atom. The van der Waals surface area contributed by atoms with Gasteiger partial charge >= 0.3 is 0 Å². The van der Waals surface area contributed by atoms with Gasteiger partial charge in [0.05, 0.1) is 12.3 Å². The molecule has 1 fully saturated rings. The Balaban J connectivity index is 1.60. The van der Waals surface area contributed by atoms with Crippen LogP contribution in [-0.4, -0.2) is 39.0 Å². The second-order valence-corrected chi connectivity index (χ2v) is 7.09. The molecule has 0 aromatic carbocycles. The molecule has 118 valence electrons. The zero-order valence-electron chi connectivity index (χ0n) is 12.0. The molecule has 0 bridgehead atoms. The number of aromatic nitrogens is 2. The number of thioether (sulfide) groups is 1. The molecule has 1 saturated heterocycles. The lowest BCUT2D eigenvalue weighted by Gasteiger charge is -2.33. The number of nitrogens with zero attached hydrogens (tertiary/aromatic N) is 3. The molecule has 1 amide bonds. The van der Waals surface area contributed by atoms with Gasteiger partial charge in [-0.05, 0) is 12.1 Å². The van der Waals surface area contributed by atoms with Gasteiger partial charge in [-0.2, -0.15) is 11.8 Å². The minimum absolute atomic E-state index is 0.00925. The number of carbonyl (C=O) groups is 1. The molecule has 0 N–H and O–H groups in total. The number of carbonyl (C=O) groups excluding carboxylic acids is 1. The van der Waals surface area contributed by atoms with Crippen LogP contribution in [0, 0.1) is 0 Å². The summed E-state index contributed by atoms with van der Waals surface area (Å²) < 4.78 is 10.5. The second-order valence-electron chi connectivity index (χ2n) is 5.01. The molecule has 3 aromatic rings. The van der Waals surface area contributed by atoms with E-state index in [0.717, 1.165) is 16.5 Å². The minimum atomic E-state index is -0.132. The van der Waals surface area contributed by atoms with Crippen LogP contribution < -0.4 is 0 Å². The Morgan fingerprint density at radius 1 is 1.39 bits per heavy atom. The van der Waals surface area contributed by atoms with Crippen LogP contribution in [0.4, 0.5) is 0 Å². The highest BCUT2D eigenvalue weighted by molar-refractivity contribution is 7.99. The van der Waals surface area contributed by atoms with E-state index in [-0.39, 0.29) is 11.9 Å². The van der Waals surface area contributed by atoms with E-state index in [9.17, 15) is 4.79 Å². The number of furan rings is 1. The lowest BCUT2D eigenvalue weighted by molar-refractivity contribution is 0.0690. The molecular formula is C15H13N3O3S2. The fourth-order valence-corrected chi connectivity index (χ4v) is 4.42. The van der Waals surface area contributed by atoms with Crippen molar-refractivity contribution in [3.05, 3.63) is 46.7 Å². The molecule has 0 aliphatic carbocycles. The lowest BCUT2D eigenvalue weighted by atomic mass is 10.2. The molecule has 6 nitrogen and oxygen atoms in total. The first-order valence-electron chi connectivity index (χ1n) is 7.11.